The first kappa shape index (κ1) is 15.1. The maximum atomic E-state index is 11.5. The highest BCUT2D eigenvalue weighted by Gasteiger charge is 2.15. The third kappa shape index (κ3) is 3.85. The predicted octanol–water partition coefficient (Wildman–Crippen LogP) is 3.86. The van der Waals surface area contributed by atoms with Gasteiger partial charge in [0, 0.05) is 18.3 Å². The fourth-order valence-electron chi connectivity index (χ4n) is 2.34. The summed E-state index contributed by atoms with van der Waals surface area (Å²) in [5.41, 5.74) is 2.96. The van der Waals surface area contributed by atoms with E-state index < -0.39 is 0 Å². The van der Waals surface area contributed by atoms with Crippen LogP contribution in [0.25, 0.3) is 0 Å². The maximum Gasteiger partial charge on any atom is 0.251 e. The maximum absolute atomic E-state index is 11.5. The van der Waals surface area contributed by atoms with E-state index in [9.17, 15) is 4.79 Å². The molecule has 2 rings (SSSR count). The van der Waals surface area contributed by atoms with Gasteiger partial charge in [0.15, 0.2) is 0 Å². The van der Waals surface area contributed by atoms with Crippen LogP contribution in [0.15, 0.2) is 54.6 Å². The third-order valence-corrected chi connectivity index (χ3v) is 3.52. The second-order valence-corrected chi connectivity index (χ2v) is 5.43. The molecule has 3 heteroatoms. The largest absolute Gasteiger partial charge is 0.378 e. The van der Waals surface area contributed by atoms with Gasteiger partial charge in [0.05, 0.1) is 6.04 Å². The molecule has 2 N–H and O–H groups in total. The lowest BCUT2D eigenvalue weighted by Gasteiger charge is -2.24. The Morgan fingerprint density at radius 2 is 1.57 bits per heavy atom. The topological polar surface area (TPSA) is 41.1 Å². The number of hydrogen-bond acceptors (Lipinski definition) is 2. The minimum atomic E-state index is -0.0648. The van der Waals surface area contributed by atoms with Gasteiger partial charge in [-0.25, -0.2) is 0 Å². The summed E-state index contributed by atoms with van der Waals surface area (Å²) < 4.78 is 0. The van der Waals surface area contributed by atoms with Gasteiger partial charge >= 0.3 is 0 Å². The van der Waals surface area contributed by atoms with Crippen molar-refractivity contribution in [1.29, 1.82) is 0 Å². The summed E-state index contributed by atoms with van der Waals surface area (Å²) in [7, 11) is 1.64. The van der Waals surface area contributed by atoms with Gasteiger partial charge in [-0.2, -0.15) is 0 Å². The van der Waals surface area contributed by atoms with Crippen molar-refractivity contribution in [2.75, 3.05) is 12.4 Å². The van der Waals surface area contributed by atoms with E-state index in [-0.39, 0.29) is 11.9 Å². The highest BCUT2D eigenvalue weighted by molar-refractivity contribution is 5.94. The van der Waals surface area contributed by atoms with Gasteiger partial charge in [0.25, 0.3) is 5.91 Å². The zero-order valence-electron chi connectivity index (χ0n) is 12.8. The van der Waals surface area contributed by atoms with Gasteiger partial charge in [-0.15, -0.1) is 0 Å². The molecule has 0 aliphatic rings. The van der Waals surface area contributed by atoms with Crippen molar-refractivity contribution in [3.05, 3.63) is 65.7 Å². The zero-order valence-corrected chi connectivity index (χ0v) is 12.8. The highest BCUT2D eigenvalue weighted by atomic mass is 16.1. The molecule has 2 aromatic carbocycles. The number of benzene rings is 2. The van der Waals surface area contributed by atoms with E-state index in [0.717, 1.165) is 5.69 Å². The lowest BCUT2D eigenvalue weighted by Crippen LogP contribution is -2.18. The molecule has 110 valence electrons. The Kier molecular flexibility index (Phi) is 4.99. The van der Waals surface area contributed by atoms with Crippen LogP contribution in [-0.4, -0.2) is 13.0 Å². The van der Waals surface area contributed by atoms with Crippen molar-refractivity contribution in [3.63, 3.8) is 0 Å². The zero-order chi connectivity index (χ0) is 15.2. The summed E-state index contributed by atoms with van der Waals surface area (Å²) in [6.07, 6.45) is 0. The quantitative estimate of drug-likeness (QED) is 0.874. The number of carbonyl (C=O) groups excluding carboxylic acids is 1. The van der Waals surface area contributed by atoms with Crippen molar-refractivity contribution in [2.45, 2.75) is 19.9 Å². The second-order valence-electron chi connectivity index (χ2n) is 5.43. The minimum Gasteiger partial charge on any atom is -0.378 e. The molecular formula is C18H22N2O. The van der Waals surface area contributed by atoms with Crippen LogP contribution in [0.2, 0.25) is 0 Å². The number of rotatable bonds is 5. The molecule has 0 heterocycles. The number of hydrogen-bond donors (Lipinski definition) is 2. The molecule has 21 heavy (non-hydrogen) atoms. The number of carbonyl (C=O) groups is 1. The molecule has 1 unspecified atom stereocenters. The first-order chi connectivity index (χ1) is 10.1. The van der Waals surface area contributed by atoms with Crippen LogP contribution in [0.3, 0.4) is 0 Å². The Morgan fingerprint density at radius 1 is 0.952 bits per heavy atom. The molecule has 0 radical (unpaired) electrons. The normalized spacial score (nSPS) is 12.0. The first-order valence-electron chi connectivity index (χ1n) is 7.25. The van der Waals surface area contributed by atoms with Gasteiger partial charge in [-0.3, -0.25) is 4.79 Å². The molecule has 1 atom stereocenters. The van der Waals surface area contributed by atoms with E-state index in [0.29, 0.717) is 11.5 Å². The average molecular weight is 282 g/mol. The Hall–Kier alpha value is -2.29. The van der Waals surface area contributed by atoms with E-state index in [1.165, 1.54) is 5.56 Å². The fraction of sp³-hybridized carbons (Fsp3) is 0.278. The first-order valence-corrected chi connectivity index (χ1v) is 7.25. The summed E-state index contributed by atoms with van der Waals surface area (Å²) in [6.45, 7) is 4.40. The highest BCUT2D eigenvalue weighted by Crippen LogP contribution is 2.26. The fourth-order valence-corrected chi connectivity index (χ4v) is 2.34. The Balaban J connectivity index is 2.16. The Bertz CT molecular complexity index is 576. The van der Waals surface area contributed by atoms with Crippen LogP contribution in [-0.2, 0) is 0 Å². The van der Waals surface area contributed by atoms with E-state index in [1.807, 2.05) is 30.3 Å². The van der Waals surface area contributed by atoms with Crippen molar-refractivity contribution < 1.29 is 4.79 Å². The Labute approximate surface area is 126 Å². The smallest absolute Gasteiger partial charge is 0.251 e. The standard InChI is InChI=1S/C18H22N2O/c1-13(2)17(14-7-5-4-6-8-14)20-16-11-9-15(10-12-16)18(21)19-3/h4-13,17,20H,1-3H3,(H,19,21). The monoisotopic (exact) mass is 282 g/mol. The molecule has 2 aromatic rings. The number of nitrogens with one attached hydrogen (secondary N) is 2. The van der Waals surface area contributed by atoms with Crippen LogP contribution in [0.1, 0.15) is 35.8 Å². The lowest BCUT2D eigenvalue weighted by atomic mass is 9.95. The van der Waals surface area contributed by atoms with Gasteiger partial charge < -0.3 is 10.6 Å². The predicted molar refractivity (Wildman–Crippen MR) is 87.5 cm³/mol. The molecule has 0 fully saturated rings. The molecule has 0 aliphatic heterocycles. The number of amides is 1. The van der Waals surface area contributed by atoms with Gasteiger partial charge in [0.1, 0.15) is 0 Å². The second kappa shape index (κ2) is 6.93. The molecule has 0 saturated carbocycles. The van der Waals surface area contributed by atoms with Crippen molar-refractivity contribution >= 4 is 11.6 Å². The third-order valence-electron chi connectivity index (χ3n) is 3.52. The van der Waals surface area contributed by atoms with E-state index in [1.54, 1.807) is 7.05 Å². The van der Waals surface area contributed by atoms with Crippen LogP contribution < -0.4 is 10.6 Å². The molecule has 0 aromatic heterocycles. The Morgan fingerprint density at radius 3 is 2.10 bits per heavy atom. The van der Waals surface area contributed by atoms with Gasteiger partial charge in [-0.05, 0) is 35.7 Å². The van der Waals surface area contributed by atoms with E-state index >= 15 is 0 Å². The summed E-state index contributed by atoms with van der Waals surface area (Å²) >= 11 is 0. The molecule has 0 spiro atoms. The number of anilines is 1. The average Bonchev–Trinajstić information content (AvgIpc) is 2.53. The van der Waals surface area contributed by atoms with Crippen molar-refractivity contribution in [3.8, 4) is 0 Å². The molecule has 0 aliphatic carbocycles. The molecule has 1 amide bonds. The summed E-state index contributed by atoms with van der Waals surface area (Å²) in [6, 6.07) is 18.2. The summed E-state index contributed by atoms with van der Waals surface area (Å²) in [5, 5.41) is 6.17. The molecular weight excluding hydrogens is 260 g/mol. The van der Waals surface area contributed by atoms with Crippen molar-refractivity contribution in [1.82, 2.24) is 5.32 Å². The van der Waals surface area contributed by atoms with Crippen LogP contribution >= 0.6 is 0 Å². The van der Waals surface area contributed by atoms with Crippen LogP contribution in [0.5, 0.6) is 0 Å². The SMILES string of the molecule is CNC(=O)c1ccc(NC(c2ccccc2)C(C)C)cc1. The summed E-state index contributed by atoms with van der Waals surface area (Å²) in [5.74, 6) is 0.399. The molecule has 0 bridgehead atoms. The van der Waals surface area contributed by atoms with E-state index in [2.05, 4.69) is 48.7 Å². The minimum absolute atomic E-state index is 0.0648. The van der Waals surface area contributed by atoms with E-state index in [4.69, 9.17) is 0 Å². The molecule has 0 saturated heterocycles. The van der Waals surface area contributed by atoms with Crippen LogP contribution in [0.4, 0.5) is 5.69 Å². The summed E-state index contributed by atoms with van der Waals surface area (Å²) in [4.78, 5) is 11.5. The van der Waals surface area contributed by atoms with Gasteiger partial charge in [-0.1, -0.05) is 44.2 Å². The lowest BCUT2D eigenvalue weighted by molar-refractivity contribution is 0.0963. The van der Waals surface area contributed by atoms with Crippen LogP contribution in [0, 0.1) is 5.92 Å². The molecule has 3 nitrogen and oxygen atoms in total. The van der Waals surface area contributed by atoms with Crippen molar-refractivity contribution in [2.24, 2.45) is 5.92 Å². The van der Waals surface area contributed by atoms with Gasteiger partial charge in [0.2, 0.25) is 0 Å².